The van der Waals surface area contributed by atoms with Gasteiger partial charge in [0, 0.05) is 18.0 Å². The number of amides is 1. The summed E-state index contributed by atoms with van der Waals surface area (Å²) in [6.45, 7) is 2.63. The highest BCUT2D eigenvalue weighted by atomic mass is 32.3. The van der Waals surface area contributed by atoms with Crippen molar-refractivity contribution < 1.29 is 31.5 Å². The Kier molecular flexibility index (Phi) is 11.0. The Bertz CT molecular complexity index is 1160. The normalized spacial score (nSPS) is 14.1. The van der Waals surface area contributed by atoms with Gasteiger partial charge in [0.05, 0.1) is 0 Å². The van der Waals surface area contributed by atoms with Crippen molar-refractivity contribution in [2.45, 2.75) is 77.0 Å². The van der Waals surface area contributed by atoms with Crippen LogP contribution in [0.15, 0.2) is 42.5 Å². The summed E-state index contributed by atoms with van der Waals surface area (Å²) in [5, 5.41) is 3.04. The second-order valence-electron chi connectivity index (χ2n) is 9.42. The van der Waals surface area contributed by atoms with Crippen LogP contribution in [0.25, 0.3) is 11.1 Å². The van der Waals surface area contributed by atoms with Gasteiger partial charge in [0.1, 0.15) is 6.61 Å². The number of carbonyl (C=O) groups excluding carboxylic acids is 2. The lowest BCUT2D eigenvalue weighted by molar-refractivity contribution is 0.0933. The molecule has 9 heteroatoms. The fourth-order valence-corrected chi connectivity index (χ4v) is 5.12. The summed E-state index contributed by atoms with van der Waals surface area (Å²) >= 11 is 0. The number of fused-ring (bicyclic) bond motifs is 3. The average Bonchev–Trinajstić information content (AvgIpc) is 3.18. The fourth-order valence-electron chi connectivity index (χ4n) is 4.90. The molecule has 0 saturated heterocycles. The zero-order valence-electron chi connectivity index (χ0n) is 21.4. The van der Waals surface area contributed by atoms with Crippen molar-refractivity contribution in [3.8, 4) is 11.1 Å². The van der Waals surface area contributed by atoms with Gasteiger partial charge in [-0.05, 0) is 34.7 Å². The van der Waals surface area contributed by atoms with Crippen LogP contribution in [0.5, 0.6) is 0 Å². The van der Waals surface area contributed by atoms with E-state index in [-0.39, 0.29) is 12.5 Å². The van der Waals surface area contributed by atoms with Crippen LogP contribution in [0.3, 0.4) is 0 Å². The zero-order chi connectivity index (χ0) is 26.7. The molecule has 37 heavy (non-hydrogen) atoms. The molecule has 1 atom stereocenters. The minimum Gasteiger partial charge on any atom is -0.432 e. The largest absolute Gasteiger partial charge is 0.525 e. The van der Waals surface area contributed by atoms with E-state index in [1.165, 1.54) is 51.4 Å². The molecule has 0 bridgehead atoms. The van der Waals surface area contributed by atoms with Crippen LogP contribution >= 0.6 is 0 Å². The molecule has 2 N–H and O–H groups in total. The van der Waals surface area contributed by atoms with Gasteiger partial charge in [-0.25, -0.2) is 4.79 Å². The van der Waals surface area contributed by atoms with Gasteiger partial charge in [-0.2, -0.15) is 8.42 Å². The molecule has 3 rings (SSSR count). The molecule has 2 aromatic rings. The molecule has 0 aliphatic heterocycles. The van der Waals surface area contributed by atoms with Gasteiger partial charge in [-0.15, -0.1) is 0 Å². The third kappa shape index (κ3) is 8.57. The summed E-state index contributed by atoms with van der Waals surface area (Å²) in [6, 6.07) is 12.9. The lowest BCUT2D eigenvalue weighted by Gasteiger charge is -2.14. The van der Waals surface area contributed by atoms with Gasteiger partial charge >= 0.3 is 16.6 Å². The molecule has 2 aromatic carbocycles. The maximum Gasteiger partial charge on any atom is 0.525 e. The highest BCUT2D eigenvalue weighted by Gasteiger charge is 2.33. The van der Waals surface area contributed by atoms with Gasteiger partial charge < -0.3 is 10.1 Å². The molecule has 202 valence electrons. The van der Waals surface area contributed by atoms with Gasteiger partial charge in [0.15, 0.2) is 0 Å². The molecule has 1 unspecified atom stereocenters. The zero-order valence-corrected chi connectivity index (χ0v) is 22.2. The van der Waals surface area contributed by atoms with Crippen LogP contribution in [-0.2, 0) is 19.3 Å². The fraction of sp³-hybridized carbons (Fsp3) is 0.500. The smallest absolute Gasteiger partial charge is 0.432 e. The molecular formula is C28H37NO7S. The lowest BCUT2D eigenvalue weighted by Crippen LogP contribution is -2.25. The van der Waals surface area contributed by atoms with Crippen LogP contribution in [0, 0.1) is 0 Å². The van der Waals surface area contributed by atoms with Gasteiger partial charge in [0.2, 0.25) is 0 Å². The van der Waals surface area contributed by atoms with Crippen molar-refractivity contribution in [3.63, 3.8) is 0 Å². The van der Waals surface area contributed by atoms with Crippen LogP contribution in [-0.4, -0.2) is 38.2 Å². The molecule has 0 fully saturated rings. The highest BCUT2D eigenvalue weighted by Crippen LogP contribution is 2.46. The second kappa shape index (κ2) is 14.1. The first-order chi connectivity index (χ1) is 17.8. The number of rotatable bonds is 15. The summed E-state index contributed by atoms with van der Waals surface area (Å²) < 4.78 is 39.0. The SMILES string of the molecule is CCCCCCCCCCCCNC(=O)c1cccc2c1-c1ccccc1C2COC(=O)OS(=O)(=O)O. The Morgan fingerprint density at radius 3 is 2.16 bits per heavy atom. The predicted molar refractivity (Wildman–Crippen MR) is 142 cm³/mol. The minimum absolute atomic E-state index is 0.157. The summed E-state index contributed by atoms with van der Waals surface area (Å²) in [4.78, 5) is 24.7. The quantitative estimate of drug-likeness (QED) is 0.155. The Morgan fingerprint density at radius 1 is 0.865 bits per heavy atom. The van der Waals surface area contributed by atoms with E-state index in [1.54, 1.807) is 12.1 Å². The van der Waals surface area contributed by atoms with Crippen molar-refractivity contribution in [1.82, 2.24) is 5.32 Å². The molecule has 0 spiro atoms. The van der Waals surface area contributed by atoms with Crippen LogP contribution in [0.2, 0.25) is 0 Å². The maximum atomic E-state index is 13.1. The van der Waals surface area contributed by atoms with E-state index in [9.17, 15) is 18.0 Å². The number of carbonyl (C=O) groups is 2. The topological polar surface area (TPSA) is 119 Å². The first-order valence-electron chi connectivity index (χ1n) is 13.2. The van der Waals surface area contributed by atoms with Crippen molar-refractivity contribution in [3.05, 3.63) is 59.2 Å². The Balaban J connectivity index is 1.55. The second-order valence-corrected chi connectivity index (χ2v) is 10.4. The van der Waals surface area contributed by atoms with Gasteiger partial charge in [0.25, 0.3) is 5.91 Å². The number of hydrogen-bond donors (Lipinski definition) is 2. The molecule has 0 aromatic heterocycles. The monoisotopic (exact) mass is 531 g/mol. The molecule has 1 aliphatic carbocycles. The van der Waals surface area contributed by atoms with E-state index in [1.807, 2.05) is 30.3 Å². The summed E-state index contributed by atoms with van der Waals surface area (Å²) in [6.07, 6.45) is 10.8. The van der Waals surface area contributed by atoms with Crippen molar-refractivity contribution in [1.29, 1.82) is 0 Å². The summed E-state index contributed by atoms with van der Waals surface area (Å²) in [5.41, 5.74) is 3.83. The Hall–Kier alpha value is -2.91. The van der Waals surface area contributed by atoms with E-state index in [0.29, 0.717) is 12.1 Å². The molecule has 8 nitrogen and oxygen atoms in total. The third-order valence-corrected chi connectivity index (χ3v) is 7.03. The Morgan fingerprint density at radius 2 is 1.49 bits per heavy atom. The third-order valence-electron chi connectivity index (χ3n) is 6.68. The van der Waals surface area contributed by atoms with E-state index in [2.05, 4.69) is 16.4 Å². The maximum absolute atomic E-state index is 13.1. The first-order valence-corrected chi connectivity index (χ1v) is 14.5. The van der Waals surface area contributed by atoms with E-state index < -0.39 is 22.5 Å². The Labute approximate surface area is 219 Å². The minimum atomic E-state index is -4.96. The molecule has 1 aliphatic rings. The summed E-state index contributed by atoms with van der Waals surface area (Å²) in [7, 11) is -4.96. The van der Waals surface area contributed by atoms with E-state index >= 15 is 0 Å². The number of benzene rings is 2. The number of unbranched alkanes of at least 4 members (excludes halogenated alkanes) is 9. The number of hydrogen-bond acceptors (Lipinski definition) is 6. The molecule has 0 heterocycles. The first kappa shape index (κ1) is 28.7. The highest BCUT2D eigenvalue weighted by molar-refractivity contribution is 7.81. The van der Waals surface area contributed by atoms with Crippen molar-refractivity contribution in [2.24, 2.45) is 0 Å². The van der Waals surface area contributed by atoms with Crippen molar-refractivity contribution in [2.75, 3.05) is 13.2 Å². The van der Waals surface area contributed by atoms with Crippen LogP contribution in [0.4, 0.5) is 4.79 Å². The van der Waals surface area contributed by atoms with Crippen molar-refractivity contribution >= 4 is 22.5 Å². The predicted octanol–water partition coefficient (Wildman–Crippen LogP) is 6.41. The summed E-state index contributed by atoms with van der Waals surface area (Å²) in [5.74, 6) is -0.565. The van der Waals surface area contributed by atoms with E-state index in [4.69, 9.17) is 9.29 Å². The van der Waals surface area contributed by atoms with Gasteiger partial charge in [-0.1, -0.05) is 101 Å². The van der Waals surface area contributed by atoms with Gasteiger partial charge in [-0.3, -0.25) is 13.5 Å². The standard InChI is InChI=1S/C28H37NO7S/c1-2-3-4-5-6-7-8-9-10-13-19-29-27(30)24-18-14-17-23-25(20-35-28(31)36-37(32,33)34)21-15-11-12-16-22(21)26(23)24/h11-12,14-18,25H,2-10,13,19-20H2,1H3,(H,29,30)(H,32,33,34). The molecule has 0 saturated carbocycles. The average molecular weight is 532 g/mol. The molecule has 1 amide bonds. The van der Waals surface area contributed by atoms with Crippen LogP contribution in [0.1, 0.15) is 98.5 Å². The molecule has 0 radical (unpaired) electrons. The van der Waals surface area contributed by atoms with Crippen LogP contribution < -0.4 is 5.32 Å². The number of nitrogens with one attached hydrogen (secondary N) is 1. The van der Waals surface area contributed by atoms with E-state index in [0.717, 1.165) is 35.1 Å². The molecular weight excluding hydrogens is 494 g/mol. The lowest BCUT2D eigenvalue weighted by atomic mass is 9.96. The number of ether oxygens (including phenoxy) is 1.